The molecule has 2 atom stereocenters. The fraction of sp³-hybridized carbons (Fsp3) is 0.236. The van der Waals surface area contributed by atoms with E-state index in [4.69, 9.17) is 0 Å². The lowest BCUT2D eigenvalue weighted by atomic mass is 9.33. The molecule has 12 rings (SSSR count). The molecule has 0 N–H and O–H groups in total. The minimum atomic E-state index is -0.0320. The fourth-order valence-electron chi connectivity index (χ4n) is 11.8. The first-order valence-electron chi connectivity index (χ1n) is 21.9. The zero-order chi connectivity index (χ0) is 40.7. The molecule has 294 valence electrons. The van der Waals surface area contributed by atoms with Gasteiger partial charge >= 0.3 is 0 Å². The number of aryl methyl sites for hydroxylation is 1. The molecule has 4 aliphatic rings. The van der Waals surface area contributed by atoms with E-state index in [0.29, 0.717) is 0 Å². The second-order valence-electron chi connectivity index (χ2n) is 19.3. The first kappa shape index (κ1) is 36.1. The fourth-order valence-corrected chi connectivity index (χ4v) is 13.0. The van der Waals surface area contributed by atoms with Gasteiger partial charge in [0.2, 0.25) is 0 Å². The third-order valence-corrected chi connectivity index (χ3v) is 16.1. The van der Waals surface area contributed by atoms with Crippen LogP contribution in [0, 0.1) is 6.92 Å². The molecule has 1 saturated carbocycles. The first-order chi connectivity index (χ1) is 29.0. The summed E-state index contributed by atoms with van der Waals surface area (Å²) in [6.07, 6.45) is 4.95. The lowest BCUT2D eigenvalue weighted by Gasteiger charge is -2.53. The van der Waals surface area contributed by atoms with Crippen LogP contribution in [0.4, 0.5) is 45.5 Å². The number of nitrogens with zero attached hydrogens (tertiary/aromatic N) is 3. The highest BCUT2D eigenvalue weighted by molar-refractivity contribution is 7.26. The van der Waals surface area contributed by atoms with Crippen LogP contribution in [0.25, 0.3) is 20.2 Å². The second-order valence-corrected chi connectivity index (χ2v) is 20.4. The van der Waals surface area contributed by atoms with E-state index in [1.165, 1.54) is 102 Å². The molecule has 3 aliphatic heterocycles. The van der Waals surface area contributed by atoms with Crippen LogP contribution >= 0.6 is 11.3 Å². The van der Waals surface area contributed by atoms with Gasteiger partial charge in [-0.1, -0.05) is 119 Å². The monoisotopic (exact) mass is 795 g/mol. The van der Waals surface area contributed by atoms with Gasteiger partial charge in [0.1, 0.15) is 0 Å². The molecule has 3 nitrogen and oxygen atoms in total. The van der Waals surface area contributed by atoms with Gasteiger partial charge in [0.05, 0.1) is 11.2 Å². The average Bonchev–Trinajstić information content (AvgIpc) is 3.73. The summed E-state index contributed by atoms with van der Waals surface area (Å²) in [7, 11) is 0. The Hall–Kier alpha value is -5.78. The summed E-state index contributed by atoms with van der Waals surface area (Å²) in [5.41, 5.74) is 18.7. The zero-order valence-corrected chi connectivity index (χ0v) is 36.3. The summed E-state index contributed by atoms with van der Waals surface area (Å²) in [5.74, 6) is 0. The molecule has 1 aliphatic carbocycles. The first-order valence-corrected chi connectivity index (χ1v) is 22.8. The Labute approximate surface area is 359 Å². The van der Waals surface area contributed by atoms with Gasteiger partial charge in [-0.05, 0) is 132 Å². The predicted octanol–water partition coefficient (Wildman–Crippen LogP) is 13.5. The molecule has 0 saturated heterocycles. The highest BCUT2D eigenvalue weighted by atomic mass is 32.1. The van der Waals surface area contributed by atoms with Crippen molar-refractivity contribution in [2.45, 2.75) is 83.6 Å². The Balaban J connectivity index is 1.21. The van der Waals surface area contributed by atoms with Gasteiger partial charge in [0.15, 0.2) is 0 Å². The van der Waals surface area contributed by atoms with Gasteiger partial charge in [-0.3, -0.25) is 0 Å². The number of hydrogen-bond acceptors (Lipinski definition) is 4. The van der Waals surface area contributed by atoms with E-state index >= 15 is 0 Å². The maximum atomic E-state index is 2.87. The van der Waals surface area contributed by atoms with E-state index < -0.39 is 0 Å². The minimum absolute atomic E-state index is 0.00563. The van der Waals surface area contributed by atoms with Crippen molar-refractivity contribution in [3.05, 3.63) is 162 Å². The van der Waals surface area contributed by atoms with Crippen molar-refractivity contribution < 1.29 is 0 Å². The number of hydrogen-bond donors (Lipinski definition) is 0. The van der Waals surface area contributed by atoms with Crippen molar-refractivity contribution in [2.75, 3.05) is 14.7 Å². The number of fused-ring (bicyclic) bond motifs is 10. The molecule has 7 aromatic carbocycles. The molecule has 8 aromatic rings. The molecule has 0 radical (unpaired) electrons. The molecule has 0 amide bonds. The summed E-state index contributed by atoms with van der Waals surface area (Å²) in [5, 5.41) is 2.65. The molecular formula is C55H50BN3S. The molecular weight excluding hydrogens is 746 g/mol. The topological polar surface area (TPSA) is 9.72 Å². The number of anilines is 8. The summed E-state index contributed by atoms with van der Waals surface area (Å²) in [6.45, 7) is 14.8. The lowest BCUT2D eigenvalue weighted by Crippen LogP contribution is -2.64. The van der Waals surface area contributed by atoms with Crippen molar-refractivity contribution in [1.82, 2.24) is 0 Å². The summed E-state index contributed by atoms with van der Waals surface area (Å²) in [4.78, 5) is 7.95. The number of para-hydroxylation sites is 2. The zero-order valence-electron chi connectivity index (χ0n) is 35.5. The SMILES string of the molecule is Cc1cc2c3c(c1)N1c4c(cc(C(C)(C)C)cc4C4(C)CCCCC14C)B3c1ccc(N(c3ccccc3)c3ccccc3)cc1N2c1cccc2sc3ccccc3c12. The van der Waals surface area contributed by atoms with Crippen molar-refractivity contribution in [2.24, 2.45) is 0 Å². The minimum Gasteiger partial charge on any atom is -0.335 e. The van der Waals surface area contributed by atoms with E-state index in [-0.39, 0.29) is 23.1 Å². The molecule has 0 bridgehead atoms. The van der Waals surface area contributed by atoms with Crippen molar-refractivity contribution in [3.8, 4) is 0 Å². The Bertz CT molecular complexity index is 3020. The van der Waals surface area contributed by atoms with Gasteiger partial charge in [-0.15, -0.1) is 11.3 Å². The number of rotatable bonds is 4. The highest BCUT2D eigenvalue weighted by Gasteiger charge is 2.61. The third-order valence-electron chi connectivity index (χ3n) is 14.9. The molecule has 0 spiro atoms. The van der Waals surface area contributed by atoms with Crippen LogP contribution in [-0.4, -0.2) is 12.3 Å². The van der Waals surface area contributed by atoms with E-state index in [2.05, 4.69) is 202 Å². The van der Waals surface area contributed by atoms with Gasteiger partial charge in [-0.2, -0.15) is 0 Å². The van der Waals surface area contributed by atoms with E-state index in [1.54, 1.807) is 5.56 Å². The Morgan fingerprint density at radius 1 is 0.617 bits per heavy atom. The quantitative estimate of drug-likeness (QED) is 0.164. The smallest absolute Gasteiger partial charge is 0.252 e. The van der Waals surface area contributed by atoms with Crippen LogP contribution in [0.3, 0.4) is 0 Å². The van der Waals surface area contributed by atoms with Gasteiger partial charge in [0.25, 0.3) is 6.71 Å². The third kappa shape index (κ3) is 4.84. The van der Waals surface area contributed by atoms with Crippen molar-refractivity contribution in [3.63, 3.8) is 0 Å². The second kappa shape index (κ2) is 12.6. The Morgan fingerprint density at radius 2 is 1.30 bits per heavy atom. The number of benzene rings is 7. The van der Waals surface area contributed by atoms with Crippen LogP contribution in [0.2, 0.25) is 0 Å². The standard InChI is InChI=1S/C55H50BN3S/c1-35-30-46-51-47(31-35)59-52-41(54(5)28-15-16-29-55(54,59)6)32-36(53(2,3)4)33-43(52)56(51)42-27-26-39(57(37-18-9-7-10-19-37)38-20-11-8-12-21-38)34-45(42)58(46)44-23-17-25-49-50(44)40-22-13-14-24-48(40)60-49/h7-14,17-27,30-34H,15-16,28-29H2,1-6H3. The molecule has 1 aromatic heterocycles. The maximum absolute atomic E-state index is 2.87. The number of thiophene rings is 1. The normalized spacial score (nSPS) is 19.9. The van der Waals surface area contributed by atoms with Crippen LogP contribution in [-0.2, 0) is 10.8 Å². The van der Waals surface area contributed by atoms with Gasteiger partial charge in [-0.25, -0.2) is 0 Å². The van der Waals surface area contributed by atoms with Crippen LogP contribution in [0.15, 0.2) is 146 Å². The Kier molecular flexibility index (Phi) is 7.60. The molecule has 4 heterocycles. The van der Waals surface area contributed by atoms with Crippen molar-refractivity contribution in [1.29, 1.82) is 0 Å². The van der Waals surface area contributed by atoms with Crippen molar-refractivity contribution >= 4 is 100 Å². The summed E-state index contributed by atoms with van der Waals surface area (Å²) < 4.78 is 2.65. The molecule has 60 heavy (non-hydrogen) atoms. The predicted molar refractivity (Wildman–Crippen MR) is 260 cm³/mol. The van der Waals surface area contributed by atoms with Gasteiger partial charge < -0.3 is 14.7 Å². The summed E-state index contributed by atoms with van der Waals surface area (Å²) >= 11 is 1.90. The van der Waals surface area contributed by atoms with Crippen LogP contribution < -0.4 is 31.1 Å². The largest absolute Gasteiger partial charge is 0.335 e. The maximum Gasteiger partial charge on any atom is 0.252 e. The van der Waals surface area contributed by atoms with Crippen LogP contribution in [0.1, 0.15) is 77.0 Å². The van der Waals surface area contributed by atoms with E-state index in [9.17, 15) is 0 Å². The Morgan fingerprint density at radius 3 is 2.05 bits per heavy atom. The van der Waals surface area contributed by atoms with E-state index in [0.717, 1.165) is 17.1 Å². The molecule has 2 unspecified atom stereocenters. The van der Waals surface area contributed by atoms with Gasteiger partial charge in [0, 0.05) is 65.4 Å². The lowest BCUT2D eigenvalue weighted by molar-refractivity contribution is 0.195. The highest BCUT2D eigenvalue weighted by Crippen LogP contribution is 2.62. The summed E-state index contributed by atoms with van der Waals surface area (Å²) in [6, 6.07) is 55.3. The van der Waals surface area contributed by atoms with Crippen LogP contribution in [0.5, 0.6) is 0 Å². The van der Waals surface area contributed by atoms with E-state index in [1.807, 2.05) is 11.3 Å². The molecule has 1 fully saturated rings. The average molecular weight is 796 g/mol. The molecule has 5 heteroatoms.